The van der Waals surface area contributed by atoms with E-state index in [-0.39, 0.29) is 5.78 Å². The largest absolute Gasteiger partial charge is 0.465 e. The van der Waals surface area contributed by atoms with Crippen molar-refractivity contribution in [2.75, 3.05) is 20.7 Å². The van der Waals surface area contributed by atoms with E-state index in [0.717, 1.165) is 0 Å². The van der Waals surface area contributed by atoms with Crippen molar-refractivity contribution in [1.29, 1.82) is 0 Å². The van der Waals surface area contributed by atoms with Crippen LogP contribution in [0.15, 0.2) is 0 Å². The van der Waals surface area contributed by atoms with Gasteiger partial charge in [-0.2, -0.15) is 0 Å². The van der Waals surface area contributed by atoms with E-state index in [1.54, 1.807) is 13.8 Å². The average molecular weight is 320 g/mol. The van der Waals surface area contributed by atoms with Crippen LogP contribution in [0.2, 0.25) is 0 Å². The van der Waals surface area contributed by atoms with Gasteiger partial charge in [0.2, 0.25) is 0 Å². The number of carbonyl (C=O) groups excluding carboxylic acids is 2. The quantitative estimate of drug-likeness (QED) is 0.514. The zero-order valence-corrected chi connectivity index (χ0v) is 14.7. The first kappa shape index (κ1) is 17.7. The van der Waals surface area contributed by atoms with Gasteiger partial charge in [0.05, 0.1) is 24.9 Å². The number of likely N-dealkylation sites (N-methyl/N-ethyl adjacent to an activating group) is 1. The number of aromatic amines is 1. The van der Waals surface area contributed by atoms with Crippen molar-refractivity contribution in [1.82, 2.24) is 9.88 Å². The molecule has 23 heavy (non-hydrogen) atoms. The molecule has 5 nitrogen and oxygen atoms in total. The lowest BCUT2D eigenvalue weighted by Crippen LogP contribution is -2.35. The minimum atomic E-state index is -0.396. The topological polar surface area (TPSA) is 62.4 Å². The lowest BCUT2D eigenvalue weighted by Gasteiger charge is -2.26. The zero-order chi connectivity index (χ0) is 17.0. The molecule has 0 amide bonds. The fraction of sp³-hybridized carbons (Fsp3) is 0.667. The standard InChI is InChI=1S/C18H28N2O3/c1-12-16(18(22)23-4)13(2)19-17(12)15(21)11-20(3)14-9-7-5-6-8-10-14/h14,19H,5-11H2,1-4H3. The fourth-order valence-corrected chi connectivity index (χ4v) is 3.57. The summed E-state index contributed by atoms with van der Waals surface area (Å²) in [4.78, 5) is 29.7. The molecule has 0 aromatic carbocycles. The number of ether oxygens (including phenoxy) is 1. The maximum absolute atomic E-state index is 12.7. The van der Waals surface area contributed by atoms with E-state index in [4.69, 9.17) is 4.74 Å². The van der Waals surface area contributed by atoms with Crippen LogP contribution in [0, 0.1) is 13.8 Å². The second kappa shape index (κ2) is 7.77. The van der Waals surface area contributed by atoms with Crippen molar-refractivity contribution < 1.29 is 14.3 Å². The van der Waals surface area contributed by atoms with Crippen LogP contribution in [-0.2, 0) is 4.74 Å². The van der Waals surface area contributed by atoms with Gasteiger partial charge in [-0.3, -0.25) is 9.69 Å². The molecule has 0 atom stereocenters. The highest BCUT2D eigenvalue weighted by Gasteiger charge is 2.25. The molecule has 1 saturated carbocycles. The van der Waals surface area contributed by atoms with Crippen LogP contribution in [0.3, 0.4) is 0 Å². The predicted molar refractivity (Wildman–Crippen MR) is 90.1 cm³/mol. The number of nitrogens with zero attached hydrogens (tertiary/aromatic N) is 1. The second-order valence-corrected chi connectivity index (χ2v) is 6.60. The lowest BCUT2D eigenvalue weighted by atomic mass is 10.1. The Labute approximate surface area is 138 Å². The Kier molecular flexibility index (Phi) is 5.99. The fourth-order valence-electron chi connectivity index (χ4n) is 3.57. The van der Waals surface area contributed by atoms with Crippen LogP contribution in [0.1, 0.15) is 70.6 Å². The average Bonchev–Trinajstić information content (AvgIpc) is 2.73. The zero-order valence-electron chi connectivity index (χ0n) is 14.7. The number of rotatable bonds is 5. The first-order chi connectivity index (χ1) is 11.0. The molecule has 5 heteroatoms. The summed E-state index contributed by atoms with van der Waals surface area (Å²) >= 11 is 0. The van der Waals surface area contributed by atoms with Crippen LogP contribution in [0.5, 0.6) is 0 Å². The first-order valence-electron chi connectivity index (χ1n) is 8.46. The minimum absolute atomic E-state index is 0.0347. The van der Waals surface area contributed by atoms with Gasteiger partial charge in [0.1, 0.15) is 0 Å². The maximum Gasteiger partial charge on any atom is 0.339 e. The molecule has 1 aliphatic rings. The molecule has 0 unspecified atom stereocenters. The Morgan fingerprint density at radius 3 is 2.35 bits per heavy atom. The molecule has 2 rings (SSSR count). The van der Waals surface area contributed by atoms with Crippen molar-refractivity contribution in [3.05, 3.63) is 22.5 Å². The highest BCUT2D eigenvalue weighted by molar-refractivity contribution is 6.02. The van der Waals surface area contributed by atoms with Crippen LogP contribution >= 0.6 is 0 Å². The highest BCUT2D eigenvalue weighted by Crippen LogP contribution is 2.23. The molecule has 0 saturated heterocycles. The molecular weight excluding hydrogens is 292 g/mol. The number of hydrogen-bond acceptors (Lipinski definition) is 4. The number of carbonyl (C=O) groups is 2. The van der Waals surface area contributed by atoms with Crippen molar-refractivity contribution in [3.8, 4) is 0 Å². The summed E-state index contributed by atoms with van der Waals surface area (Å²) < 4.78 is 4.80. The number of aryl methyl sites for hydroxylation is 1. The summed E-state index contributed by atoms with van der Waals surface area (Å²) in [5.74, 6) is -0.361. The summed E-state index contributed by atoms with van der Waals surface area (Å²) in [5, 5.41) is 0. The lowest BCUT2D eigenvalue weighted by molar-refractivity contribution is 0.0599. The van der Waals surface area contributed by atoms with Crippen molar-refractivity contribution >= 4 is 11.8 Å². The summed E-state index contributed by atoms with van der Waals surface area (Å²) in [6, 6.07) is 0.484. The summed E-state index contributed by atoms with van der Waals surface area (Å²) in [5.41, 5.74) is 2.39. The Balaban J connectivity index is 2.10. The number of nitrogens with one attached hydrogen (secondary N) is 1. The number of ketones is 1. The predicted octanol–water partition coefficient (Wildman–Crippen LogP) is 3.26. The molecule has 1 N–H and O–H groups in total. The third kappa shape index (κ3) is 4.02. The monoisotopic (exact) mass is 320 g/mol. The number of Topliss-reactive ketones (excluding diaryl/α,β-unsaturated/α-hetero) is 1. The van der Waals surface area contributed by atoms with Gasteiger partial charge < -0.3 is 9.72 Å². The van der Waals surface area contributed by atoms with Crippen LogP contribution < -0.4 is 0 Å². The van der Waals surface area contributed by atoms with E-state index in [9.17, 15) is 9.59 Å². The van der Waals surface area contributed by atoms with Crippen LogP contribution in [-0.4, -0.2) is 48.4 Å². The third-order valence-electron chi connectivity index (χ3n) is 4.95. The molecule has 1 aromatic heterocycles. The molecule has 1 fully saturated rings. The van der Waals surface area contributed by atoms with Gasteiger partial charge in [0, 0.05) is 11.7 Å². The number of H-pyrrole nitrogens is 1. The molecule has 128 valence electrons. The van der Waals surface area contributed by atoms with Crippen molar-refractivity contribution in [2.24, 2.45) is 0 Å². The summed E-state index contributed by atoms with van der Waals surface area (Å²) in [6.45, 7) is 3.98. The molecule has 1 heterocycles. The Morgan fingerprint density at radius 2 is 1.78 bits per heavy atom. The molecule has 1 aliphatic carbocycles. The second-order valence-electron chi connectivity index (χ2n) is 6.60. The molecule has 0 radical (unpaired) electrons. The van der Waals surface area contributed by atoms with Crippen molar-refractivity contribution in [3.63, 3.8) is 0 Å². The highest BCUT2D eigenvalue weighted by atomic mass is 16.5. The van der Waals surface area contributed by atoms with E-state index < -0.39 is 5.97 Å². The van der Waals surface area contributed by atoms with E-state index in [2.05, 4.69) is 9.88 Å². The normalized spacial score (nSPS) is 16.4. The number of esters is 1. The summed E-state index contributed by atoms with van der Waals surface area (Å²) in [6.07, 6.45) is 7.43. The van der Waals surface area contributed by atoms with Crippen LogP contribution in [0.4, 0.5) is 0 Å². The van der Waals surface area contributed by atoms with Gasteiger partial charge in [0.25, 0.3) is 0 Å². The smallest absolute Gasteiger partial charge is 0.339 e. The third-order valence-corrected chi connectivity index (χ3v) is 4.95. The minimum Gasteiger partial charge on any atom is -0.465 e. The maximum atomic E-state index is 12.7. The Morgan fingerprint density at radius 1 is 1.17 bits per heavy atom. The van der Waals surface area contributed by atoms with Gasteiger partial charge in [-0.25, -0.2) is 4.79 Å². The van der Waals surface area contributed by atoms with E-state index in [1.807, 2.05) is 7.05 Å². The molecule has 1 aromatic rings. The van der Waals surface area contributed by atoms with E-state index in [0.29, 0.717) is 35.1 Å². The van der Waals surface area contributed by atoms with Crippen LogP contribution in [0.25, 0.3) is 0 Å². The van der Waals surface area contributed by atoms with Gasteiger partial charge in [-0.05, 0) is 39.3 Å². The molecular formula is C18H28N2O3. The van der Waals surface area contributed by atoms with E-state index >= 15 is 0 Å². The number of hydrogen-bond donors (Lipinski definition) is 1. The van der Waals surface area contributed by atoms with Gasteiger partial charge >= 0.3 is 5.97 Å². The first-order valence-corrected chi connectivity index (χ1v) is 8.46. The number of aromatic nitrogens is 1. The molecule has 0 spiro atoms. The SMILES string of the molecule is COC(=O)c1c(C)[nH]c(C(=O)CN(C)C2CCCCCC2)c1C. The molecule has 0 aliphatic heterocycles. The van der Waals surface area contributed by atoms with Gasteiger partial charge in [-0.1, -0.05) is 25.7 Å². The van der Waals surface area contributed by atoms with E-state index in [1.165, 1.54) is 45.6 Å². The Hall–Kier alpha value is -1.62. The summed E-state index contributed by atoms with van der Waals surface area (Å²) in [7, 11) is 3.38. The molecule has 0 bridgehead atoms. The Bertz CT molecular complexity index is 569. The van der Waals surface area contributed by atoms with Crippen molar-refractivity contribution in [2.45, 2.75) is 58.4 Å². The van der Waals surface area contributed by atoms with Gasteiger partial charge in [0.15, 0.2) is 5.78 Å². The van der Waals surface area contributed by atoms with Gasteiger partial charge in [-0.15, -0.1) is 0 Å². The number of methoxy groups -OCH3 is 1.